The van der Waals surface area contributed by atoms with Crippen LogP contribution in [-0.4, -0.2) is 13.7 Å². The van der Waals surface area contributed by atoms with Crippen LogP contribution >= 0.6 is 0 Å². The second kappa shape index (κ2) is 9.95. The molecule has 0 unspecified atom stereocenters. The maximum Gasteiger partial charge on any atom is 0.0713 e. The molecule has 0 aliphatic heterocycles. The number of benzene rings is 1. The van der Waals surface area contributed by atoms with Crippen molar-refractivity contribution >= 4 is 5.69 Å². The van der Waals surface area contributed by atoms with E-state index < -0.39 is 0 Å². The second-order valence-corrected chi connectivity index (χ2v) is 4.83. The van der Waals surface area contributed by atoms with Crippen LogP contribution in [0.3, 0.4) is 0 Å². The van der Waals surface area contributed by atoms with Crippen LogP contribution in [0.25, 0.3) is 0 Å². The number of rotatable bonds is 10. The SMILES string of the molecule is CCCCCCCCNc1cccc(COC)c1. The Kier molecular flexibility index (Phi) is 8.32. The fourth-order valence-electron chi connectivity index (χ4n) is 2.08. The average molecular weight is 249 g/mol. The van der Waals surface area contributed by atoms with Crippen LogP contribution < -0.4 is 5.32 Å². The molecule has 102 valence electrons. The molecule has 1 aromatic carbocycles. The van der Waals surface area contributed by atoms with Crippen molar-refractivity contribution in [2.75, 3.05) is 19.0 Å². The van der Waals surface area contributed by atoms with E-state index in [1.54, 1.807) is 7.11 Å². The van der Waals surface area contributed by atoms with Crippen molar-refractivity contribution in [3.05, 3.63) is 29.8 Å². The Hall–Kier alpha value is -1.02. The molecule has 1 aromatic rings. The number of ether oxygens (including phenoxy) is 1. The van der Waals surface area contributed by atoms with Gasteiger partial charge < -0.3 is 10.1 Å². The molecule has 0 heterocycles. The molecule has 0 aliphatic carbocycles. The Balaban J connectivity index is 2.13. The molecule has 0 aromatic heterocycles. The Morgan fingerprint density at radius 3 is 2.61 bits per heavy atom. The van der Waals surface area contributed by atoms with Crippen molar-refractivity contribution < 1.29 is 4.74 Å². The number of unbranched alkanes of at least 4 members (excludes halogenated alkanes) is 5. The van der Waals surface area contributed by atoms with Crippen molar-refractivity contribution in [3.8, 4) is 0 Å². The smallest absolute Gasteiger partial charge is 0.0713 e. The van der Waals surface area contributed by atoms with Gasteiger partial charge in [-0.1, -0.05) is 51.2 Å². The van der Waals surface area contributed by atoms with Crippen LogP contribution in [0.15, 0.2) is 24.3 Å². The minimum absolute atomic E-state index is 0.687. The maximum absolute atomic E-state index is 5.14. The molecule has 2 heteroatoms. The lowest BCUT2D eigenvalue weighted by Crippen LogP contribution is -2.02. The number of hydrogen-bond donors (Lipinski definition) is 1. The van der Waals surface area contributed by atoms with Crippen LogP contribution in [-0.2, 0) is 11.3 Å². The first-order valence-electron chi connectivity index (χ1n) is 7.18. The summed E-state index contributed by atoms with van der Waals surface area (Å²) in [7, 11) is 1.73. The maximum atomic E-state index is 5.14. The van der Waals surface area contributed by atoms with E-state index in [0.29, 0.717) is 6.61 Å². The van der Waals surface area contributed by atoms with Crippen molar-refractivity contribution in [3.63, 3.8) is 0 Å². The summed E-state index contributed by atoms with van der Waals surface area (Å²) < 4.78 is 5.14. The first-order chi connectivity index (χ1) is 8.86. The quantitative estimate of drug-likeness (QED) is 0.612. The number of nitrogens with one attached hydrogen (secondary N) is 1. The Bertz CT molecular complexity index is 312. The molecule has 0 saturated heterocycles. The van der Waals surface area contributed by atoms with Crippen LogP contribution in [0.5, 0.6) is 0 Å². The van der Waals surface area contributed by atoms with E-state index >= 15 is 0 Å². The van der Waals surface area contributed by atoms with Gasteiger partial charge in [-0.2, -0.15) is 0 Å². The van der Waals surface area contributed by atoms with Crippen LogP contribution in [0, 0.1) is 0 Å². The zero-order valence-corrected chi connectivity index (χ0v) is 11.9. The number of anilines is 1. The van der Waals surface area contributed by atoms with Crippen molar-refractivity contribution in [1.29, 1.82) is 0 Å². The molecule has 0 bridgehead atoms. The number of methoxy groups -OCH3 is 1. The van der Waals surface area contributed by atoms with E-state index in [1.165, 1.54) is 49.8 Å². The predicted molar refractivity (Wildman–Crippen MR) is 79.0 cm³/mol. The molecule has 18 heavy (non-hydrogen) atoms. The first-order valence-corrected chi connectivity index (χ1v) is 7.18. The summed E-state index contributed by atoms with van der Waals surface area (Å²) in [5, 5.41) is 3.48. The molecule has 0 fully saturated rings. The van der Waals surface area contributed by atoms with Crippen LogP contribution in [0.2, 0.25) is 0 Å². The highest BCUT2D eigenvalue weighted by molar-refractivity contribution is 5.45. The fourth-order valence-corrected chi connectivity index (χ4v) is 2.08. The fraction of sp³-hybridized carbons (Fsp3) is 0.625. The molecule has 0 radical (unpaired) electrons. The van der Waals surface area contributed by atoms with Gasteiger partial charge in [0.1, 0.15) is 0 Å². The lowest BCUT2D eigenvalue weighted by Gasteiger charge is -2.08. The molecular weight excluding hydrogens is 222 g/mol. The predicted octanol–water partition coefficient (Wildman–Crippen LogP) is 4.61. The molecule has 1 rings (SSSR count). The van der Waals surface area contributed by atoms with Gasteiger partial charge in [-0.25, -0.2) is 0 Å². The van der Waals surface area contributed by atoms with Gasteiger partial charge >= 0.3 is 0 Å². The first kappa shape index (κ1) is 15.0. The third-order valence-electron chi connectivity index (χ3n) is 3.10. The van der Waals surface area contributed by atoms with E-state index in [0.717, 1.165) is 6.54 Å². The van der Waals surface area contributed by atoms with E-state index in [2.05, 4.69) is 36.5 Å². The molecular formula is C16H27NO. The third-order valence-corrected chi connectivity index (χ3v) is 3.10. The highest BCUT2D eigenvalue weighted by atomic mass is 16.5. The summed E-state index contributed by atoms with van der Waals surface area (Å²) in [5.74, 6) is 0. The van der Waals surface area contributed by atoms with Gasteiger partial charge in [0, 0.05) is 19.3 Å². The molecule has 0 amide bonds. The summed E-state index contributed by atoms with van der Waals surface area (Å²) in [6.45, 7) is 4.02. The minimum atomic E-state index is 0.687. The van der Waals surface area contributed by atoms with Gasteiger partial charge in [0.15, 0.2) is 0 Å². The highest BCUT2D eigenvalue weighted by Gasteiger charge is 1.95. The minimum Gasteiger partial charge on any atom is -0.385 e. The van der Waals surface area contributed by atoms with Gasteiger partial charge in [-0.15, -0.1) is 0 Å². The van der Waals surface area contributed by atoms with E-state index in [4.69, 9.17) is 4.74 Å². The topological polar surface area (TPSA) is 21.3 Å². The third kappa shape index (κ3) is 6.65. The zero-order chi connectivity index (χ0) is 13.1. The van der Waals surface area contributed by atoms with E-state index in [1.807, 2.05) is 0 Å². The highest BCUT2D eigenvalue weighted by Crippen LogP contribution is 2.12. The van der Waals surface area contributed by atoms with E-state index in [-0.39, 0.29) is 0 Å². The van der Waals surface area contributed by atoms with E-state index in [9.17, 15) is 0 Å². The molecule has 0 atom stereocenters. The molecule has 2 nitrogen and oxygen atoms in total. The molecule has 0 aliphatic rings. The zero-order valence-electron chi connectivity index (χ0n) is 11.9. The largest absolute Gasteiger partial charge is 0.385 e. The van der Waals surface area contributed by atoms with Gasteiger partial charge in [0.2, 0.25) is 0 Å². The normalized spacial score (nSPS) is 10.6. The van der Waals surface area contributed by atoms with Gasteiger partial charge in [0.05, 0.1) is 6.61 Å². The average Bonchev–Trinajstić information content (AvgIpc) is 2.39. The van der Waals surface area contributed by atoms with Gasteiger partial charge in [-0.05, 0) is 24.1 Å². The van der Waals surface area contributed by atoms with Crippen LogP contribution in [0.1, 0.15) is 51.0 Å². The monoisotopic (exact) mass is 249 g/mol. The summed E-state index contributed by atoms with van der Waals surface area (Å²) >= 11 is 0. The Morgan fingerprint density at radius 2 is 1.83 bits per heavy atom. The summed E-state index contributed by atoms with van der Waals surface area (Å²) in [6, 6.07) is 8.47. The lowest BCUT2D eigenvalue weighted by atomic mass is 10.1. The standard InChI is InChI=1S/C16H27NO/c1-3-4-5-6-7-8-12-17-16-11-9-10-15(13-16)14-18-2/h9-11,13,17H,3-8,12,14H2,1-2H3. The molecule has 0 saturated carbocycles. The second-order valence-electron chi connectivity index (χ2n) is 4.83. The van der Waals surface area contributed by atoms with Gasteiger partial charge in [-0.3, -0.25) is 0 Å². The Labute approximate surface area is 112 Å². The summed E-state index contributed by atoms with van der Waals surface area (Å²) in [4.78, 5) is 0. The van der Waals surface area contributed by atoms with Crippen LogP contribution in [0.4, 0.5) is 5.69 Å². The van der Waals surface area contributed by atoms with Gasteiger partial charge in [0.25, 0.3) is 0 Å². The van der Waals surface area contributed by atoms with Crippen molar-refractivity contribution in [2.45, 2.75) is 52.1 Å². The Morgan fingerprint density at radius 1 is 1.06 bits per heavy atom. The summed E-state index contributed by atoms with van der Waals surface area (Å²) in [5.41, 5.74) is 2.43. The van der Waals surface area contributed by atoms with Crippen molar-refractivity contribution in [1.82, 2.24) is 0 Å². The molecule has 0 spiro atoms. The van der Waals surface area contributed by atoms with Crippen molar-refractivity contribution in [2.24, 2.45) is 0 Å². The number of hydrogen-bond acceptors (Lipinski definition) is 2. The molecule has 1 N–H and O–H groups in total. The summed E-state index contributed by atoms with van der Waals surface area (Å²) in [6.07, 6.45) is 8.07. The lowest BCUT2D eigenvalue weighted by molar-refractivity contribution is 0.185.